The summed E-state index contributed by atoms with van der Waals surface area (Å²) >= 11 is 1.37. The van der Waals surface area contributed by atoms with Crippen LogP contribution in [0, 0.1) is 0 Å². The predicted molar refractivity (Wildman–Crippen MR) is 82.1 cm³/mol. The first kappa shape index (κ1) is 17.2. The highest BCUT2D eigenvalue weighted by molar-refractivity contribution is 7.85. The molecule has 0 fully saturated rings. The number of aromatic nitrogens is 1. The average molecular weight is 348 g/mol. The van der Waals surface area contributed by atoms with Gasteiger partial charge in [0.2, 0.25) is 0 Å². The van der Waals surface area contributed by atoms with Crippen molar-refractivity contribution < 1.29 is 22.1 Å². The fourth-order valence-corrected chi connectivity index (χ4v) is 3.39. The summed E-state index contributed by atoms with van der Waals surface area (Å²) in [5, 5.41) is 0.599. The largest absolute Gasteiger partial charge is 0.444 e. The third-order valence-corrected chi connectivity index (χ3v) is 4.43. The van der Waals surface area contributed by atoms with Gasteiger partial charge in [-0.15, -0.1) is 11.3 Å². The molecule has 1 aromatic heterocycles. The lowest BCUT2D eigenvalue weighted by Gasteiger charge is -2.29. The van der Waals surface area contributed by atoms with Gasteiger partial charge in [0, 0.05) is 17.8 Å². The van der Waals surface area contributed by atoms with E-state index in [-0.39, 0.29) is 12.7 Å². The average Bonchev–Trinajstić information content (AvgIpc) is 2.75. The molecule has 0 unspecified atom stereocenters. The van der Waals surface area contributed by atoms with Crippen molar-refractivity contribution in [3.8, 4) is 0 Å². The molecule has 0 saturated heterocycles. The van der Waals surface area contributed by atoms with Crippen molar-refractivity contribution in [2.45, 2.75) is 45.9 Å². The number of carbonyl (C=O) groups is 1. The molecule has 0 bridgehead atoms. The highest BCUT2D eigenvalue weighted by atomic mass is 32.2. The summed E-state index contributed by atoms with van der Waals surface area (Å²) in [6.07, 6.45) is 1.29. The quantitative estimate of drug-likeness (QED) is 0.776. The van der Waals surface area contributed by atoms with Crippen LogP contribution in [-0.2, 0) is 38.6 Å². The molecule has 2 rings (SSSR count). The van der Waals surface area contributed by atoms with E-state index in [0.29, 0.717) is 24.5 Å². The lowest BCUT2D eigenvalue weighted by Crippen LogP contribution is -2.39. The van der Waals surface area contributed by atoms with Crippen LogP contribution in [0.5, 0.6) is 0 Å². The fourth-order valence-electron chi connectivity index (χ4n) is 1.95. The first-order valence-corrected chi connectivity index (χ1v) is 9.46. The van der Waals surface area contributed by atoms with Crippen LogP contribution in [0.2, 0.25) is 0 Å². The lowest BCUT2D eigenvalue weighted by molar-refractivity contribution is 0.0225. The Morgan fingerprint density at radius 3 is 2.68 bits per heavy atom. The van der Waals surface area contributed by atoms with Gasteiger partial charge in [-0.25, -0.2) is 9.78 Å². The molecule has 22 heavy (non-hydrogen) atoms. The summed E-state index contributed by atoms with van der Waals surface area (Å²) in [7, 11) is -3.49. The van der Waals surface area contributed by atoms with E-state index in [1.165, 1.54) is 11.3 Å². The van der Waals surface area contributed by atoms with E-state index in [1.54, 1.807) is 4.90 Å². The molecule has 0 spiro atoms. The van der Waals surface area contributed by atoms with Gasteiger partial charge in [0.1, 0.15) is 17.2 Å². The molecule has 0 N–H and O–H groups in total. The molecule has 0 radical (unpaired) electrons. The van der Waals surface area contributed by atoms with Gasteiger partial charge in [-0.1, -0.05) is 0 Å². The van der Waals surface area contributed by atoms with Gasteiger partial charge in [-0.05, 0) is 20.8 Å². The molecule has 0 aliphatic carbocycles. The van der Waals surface area contributed by atoms with Crippen molar-refractivity contribution in [3.05, 3.63) is 15.6 Å². The number of amides is 1. The summed E-state index contributed by atoms with van der Waals surface area (Å²) in [5.74, 6) is 0. The maximum Gasteiger partial charge on any atom is 0.410 e. The third-order valence-electron chi connectivity index (χ3n) is 2.82. The van der Waals surface area contributed by atoms with E-state index in [4.69, 9.17) is 8.92 Å². The Morgan fingerprint density at radius 2 is 2.09 bits per heavy atom. The monoisotopic (exact) mass is 348 g/mol. The van der Waals surface area contributed by atoms with E-state index < -0.39 is 15.7 Å². The molecule has 7 nitrogen and oxygen atoms in total. The number of nitrogens with zero attached hydrogens (tertiary/aromatic N) is 2. The van der Waals surface area contributed by atoms with Gasteiger partial charge in [0.15, 0.2) is 0 Å². The standard InChI is InChI=1S/C13H20N2O5S2/c1-13(2,3)20-12(16)15-6-5-9-10(7-15)21-11(14-9)8-19-22(4,17)18/h5-8H2,1-4H3. The SMILES string of the molecule is CC(C)(C)OC(=O)N1CCc2nc(COS(C)(=O)=O)sc2C1. The first-order valence-electron chi connectivity index (χ1n) is 6.83. The Hall–Kier alpha value is -1.19. The minimum absolute atomic E-state index is 0.0665. The number of hydrogen-bond donors (Lipinski definition) is 0. The van der Waals surface area contributed by atoms with E-state index in [2.05, 4.69) is 4.98 Å². The number of fused-ring (bicyclic) bond motifs is 1. The van der Waals surface area contributed by atoms with Crippen LogP contribution in [0.15, 0.2) is 0 Å². The third kappa shape index (κ3) is 4.92. The minimum Gasteiger partial charge on any atom is -0.444 e. The van der Waals surface area contributed by atoms with E-state index in [0.717, 1.165) is 16.8 Å². The van der Waals surface area contributed by atoms with Crippen LogP contribution < -0.4 is 0 Å². The molecule has 124 valence electrons. The van der Waals surface area contributed by atoms with Crippen LogP contribution in [0.1, 0.15) is 36.3 Å². The molecular weight excluding hydrogens is 328 g/mol. The predicted octanol–water partition coefficient (Wildman–Crippen LogP) is 1.91. The van der Waals surface area contributed by atoms with Crippen molar-refractivity contribution in [2.24, 2.45) is 0 Å². The second-order valence-electron chi connectivity index (χ2n) is 6.10. The summed E-state index contributed by atoms with van der Waals surface area (Å²) < 4.78 is 32.1. The molecule has 1 aliphatic heterocycles. The van der Waals surface area contributed by atoms with Crippen molar-refractivity contribution in [1.29, 1.82) is 0 Å². The van der Waals surface area contributed by atoms with Crippen LogP contribution >= 0.6 is 11.3 Å². The second-order valence-corrected chi connectivity index (χ2v) is 8.91. The van der Waals surface area contributed by atoms with Crippen molar-refractivity contribution in [1.82, 2.24) is 9.88 Å². The van der Waals surface area contributed by atoms with E-state index in [9.17, 15) is 13.2 Å². The normalized spacial score (nSPS) is 15.5. The molecular formula is C13H20N2O5S2. The molecule has 0 saturated carbocycles. The molecule has 0 aromatic carbocycles. The van der Waals surface area contributed by atoms with Crippen molar-refractivity contribution >= 4 is 27.5 Å². The zero-order valence-electron chi connectivity index (χ0n) is 13.1. The summed E-state index contributed by atoms with van der Waals surface area (Å²) in [4.78, 5) is 19.0. The first-order chi connectivity index (χ1) is 10.0. The summed E-state index contributed by atoms with van der Waals surface area (Å²) in [5.41, 5.74) is 0.372. The Kier molecular flexibility index (Phi) is 4.78. The molecule has 1 amide bonds. The van der Waals surface area contributed by atoms with Crippen LogP contribution in [0.25, 0.3) is 0 Å². The smallest absolute Gasteiger partial charge is 0.410 e. The maximum absolute atomic E-state index is 12.1. The Bertz CT molecular complexity index is 660. The Balaban J connectivity index is 2.02. The maximum atomic E-state index is 12.1. The molecule has 2 heterocycles. The topological polar surface area (TPSA) is 85.8 Å². The van der Waals surface area contributed by atoms with Crippen LogP contribution in [-0.4, -0.2) is 42.8 Å². The van der Waals surface area contributed by atoms with Gasteiger partial charge < -0.3 is 9.64 Å². The van der Waals surface area contributed by atoms with Crippen LogP contribution in [0.3, 0.4) is 0 Å². The highest BCUT2D eigenvalue weighted by Crippen LogP contribution is 2.26. The zero-order valence-corrected chi connectivity index (χ0v) is 14.7. The highest BCUT2D eigenvalue weighted by Gasteiger charge is 2.27. The Labute approximate surface area is 134 Å². The molecule has 9 heteroatoms. The minimum atomic E-state index is -3.49. The summed E-state index contributed by atoms with van der Waals surface area (Å²) in [6, 6.07) is 0. The molecule has 0 atom stereocenters. The summed E-state index contributed by atoms with van der Waals surface area (Å²) in [6.45, 7) is 6.39. The van der Waals surface area contributed by atoms with Crippen molar-refractivity contribution in [2.75, 3.05) is 12.8 Å². The van der Waals surface area contributed by atoms with Gasteiger partial charge in [-0.3, -0.25) is 4.18 Å². The fraction of sp³-hybridized carbons (Fsp3) is 0.692. The lowest BCUT2D eigenvalue weighted by atomic mass is 10.2. The van der Waals surface area contributed by atoms with E-state index >= 15 is 0 Å². The van der Waals surface area contributed by atoms with E-state index in [1.807, 2.05) is 20.8 Å². The zero-order chi connectivity index (χ0) is 16.5. The van der Waals surface area contributed by atoms with Gasteiger partial charge >= 0.3 is 6.09 Å². The van der Waals surface area contributed by atoms with Gasteiger partial charge in [0.25, 0.3) is 10.1 Å². The second kappa shape index (κ2) is 6.13. The number of ether oxygens (including phenoxy) is 1. The number of thiazole rings is 1. The van der Waals surface area contributed by atoms with Crippen LogP contribution in [0.4, 0.5) is 4.79 Å². The molecule has 1 aliphatic rings. The number of carbonyl (C=O) groups excluding carboxylic acids is 1. The Morgan fingerprint density at radius 1 is 1.41 bits per heavy atom. The number of rotatable bonds is 3. The van der Waals surface area contributed by atoms with Gasteiger partial charge in [0.05, 0.1) is 18.5 Å². The van der Waals surface area contributed by atoms with Gasteiger partial charge in [-0.2, -0.15) is 8.42 Å². The molecule has 1 aromatic rings. The number of hydrogen-bond acceptors (Lipinski definition) is 7. The van der Waals surface area contributed by atoms with Crippen molar-refractivity contribution in [3.63, 3.8) is 0 Å².